The van der Waals surface area contributed by atoms with Crippen LogP contribution in [-0.2, 0) is 4.74 Å². The zero-order chi connectivity index (χ0) is 11.5. The Morgan fingerprint density at radius 2 is 2.56 bits per heavy atom. The molecule has 0 aromatic carbocycles. The summed E-state index contributed by atoms with van der Waals surface area (Å²) in [6.07, 6.45) is 1.73. The maximum atomic E-state index is 5.69. The summed E-state index contributed by atoms with van der Waals surface area (Å²) in [4.78, 5) is 9.75. The quantitative estimate of drug-likeness (QED) is 0.851. The van der Waals surface area contributed by atoms with Crippen LogP contribution in [0.4, 0.5) is 0 Å². The highest BCUT2D eigenvalue weighted by Gasteiger charge is 2.22. The Bertz CT molecular complexity index is 423. The van der Waals surface area contributed by atoms with Crippen LogP contribution in [0.2, 0.25) is 0 Å². The maximum Gasteiger partial charge on any atom is 0.137 e. The summed E-state index contributed by atoms with van der Waals surface area (Å²) >= 11 is 8.49. The van der Waals surface area contributed by atoms with E-state index in [0.717, 1.165) is 36.5 Å². The Kier molecular flexibility index (Phi) is 4.07. The number of aromatic amines is 1. The van der Waals surface area contributed by atoms with E-state index in [1.54, 1.807) is 6.20 Å². The number of morpholine rings is 1. The van der Waals surface area contributed by atoms with Crippen molar-refractivity contribution in [1.82, 2.24) is 14.9 Å². The molecule has 1 aliphatic rings. The molecular weight excluding hydrogens is 290 g/mol. The molecule has 6 heteroatoms. The monoisotopic (exact) mass is 303 g/mol. The van der Waals surface area contributed by atoms with Gasteiger partial charge in [0.25, 0.3) is 0 Å². The fraction of sp³-hybridized carbons (Fsp3) is 0.600. The molecule has 0 radical (unpaired) electrons. The minimum atomic E-state index is 0.00324. The molecule has 4 nitrogen and oxygen atoms in total. The standard InChI is InChI=1S/C10H14BrN3OS/c1-2-14-3-4-15-8(6-14)9-12-5-7(11)10(16)13-9/h5,8H,2-4,6H2,1H3,(H,12,13,16). The van der Waals surface area contributed by atoms with Gasteiger partial charge in [-0.25, -0.2) is 4.98 Å². The molecule has 2 rings (SSSR count). The summed E-state index contributed by atoms with van der Waals surface area (Å²) in [5.74, 6) is 0.811. The van der Waals surface area contributed by atoms with E-state index in [1.165, 1.54) is 0 Å². The van der Waals surface area contributed by atoms with Crippen molar-refractivity contribution >= 4 is 28.1 Å². The third kappa shape index (κ3) is 2.68. The van der Waals surface area contributed by atoms with E-state index in [4.69, 9.17) is 17.0 Å². The number of nitrogens with zero attached hydrogens (tertiary/aromatic N) is 2. The normalized spacial score (nSPS) is 22.2. The SMILES string of the molecule is CCN1CCOC(c2ncc(Br)c(=S)[nH]2)C1. The molecule has 1 aromatic rings. The van der Waals surface area contributed by atoms with Gasteiger partial charge in [0, 0.05) is 19.3 Å². The van der Waals surface area contributed by atoms with Crippen molar-refractivity contribution in [1.29, 1.82) is 0 Å². The van der Waals surface area contributed by atoms with Crippen molar-refractivity contribution in [2.45, 2.75) is 13.0 Å². The Balaban J connectivity index is 2.17. The number of likely N-dealkylation sites (N-methyl/N-ethyl adjacent to an activating group) is 1. The molecule has 2 heterocycles. The van der Waals surface area contributed by atoms with Gasteiger partial charge in [-0.2, -0.15) is 0 Å². The molecule has 16 heavy (non-hydrogen) atoms. The van der Waals surface area contributed by atoms with Gasteiger partial charge in [0.05, 0.1) is 11.1 Å². The summed E-state index contributed by atoms with van der Waals surface area (Å²) in [6, 6.07) is 0. The molecule has 0 aliphatic carbocycles. The van der Waals surface area contributed by atoms with Crippen molar-refractivity contribution in [2.75, 3.05) is 26.2 Å². The highest BCUT2D eigenvalue weighted by Crippen LogP contribution is 2.20. The zero-order valence-electron chi connectivity index (χ0n) is 9.07. The van der Waals surface area contributed by atoms with E-state index in [2.05, 4.69) is 37.7 Å². The van der Waals surface area contributed by atoms with Crippen LogP contribution >= 0.6 is 28.1 Å². The Morgan fingerprint density at radius 1 is 1.75 bits per heavy atom. The first-order valence-corrected chi connectivity index (χ1v) is 6.49. The van der Waals surface area contributed by atoms with Crippen molar-refractivity contribution in [2.24, 2.45) is 0 Å². The van der Waals surface area contributed by atoms with Crippen LogP contribution in [0, 0.1) is 4.64 Å². The van der Waals surface area contributed by atoms with E-state index >= 15 is 0 Å². The van der Waals surface area contributed by atoms with Crippen LogP contribution in [0.3, 0.4) is 0 Å². The van der Waals surface area contributed by atoms with Crippen molar-refractivity contribution in [3.05, 3.63) is 21.1 Å². The second kappa shape index (κ2) is 5.35. The van der Waals surface area contributed by atoms with Crippen LogP contribution in [0.1, 0.15) is 18.9 Å². The van der Waals surface area contributed by atoms with Crippen molar-refractivity contribution < 1.29 is 4.74 Å². The molecule has 0 amide bonds. The maximum absolute atomic E-state index is 5.69. The first-order chi connectivity index (χ1) is 7.70. The lowest BCUT2D eigenvalue weighted by atomic mass is 10.2. The lowest BCUT2D eigenvalue weighted by Crippen LogP contribution is -2.38. The first-order valence-electron chi connectivity index (χ1n) is 5.29. The molecule has 0 spiro atoms. The Labute approximate surface area is 108 Å². The first kappa shape index (κ1) is 12.2. The molecule has 0 bridgehead atoms. The fourth-order valence-electron chi connectivity index (χ4n) is 1.71. The lowest BCUT2D eigenvalue weighted by Gasteiger charge is -2.31. The number of nitrogens with one attached hydrogen (secondary N) is 1. The van der Waals surface area contributed by atoms with E-state index < -0.39 is 0 Å². The summed E-state index contributed by atoms with van der Waals surface area (Å²) in [6.45, 7) is 5.80. The number of hydrogen-bond acceptors (Lipinski definition) is 4. The molecular formula is C10H14BrN3OS. The largest absolute Gasteiger partial charge is 0.368 e. The topological polar surface area (TPSA) is 41.1 Å². The third-order valence-corrected chi connectivity index (χ3v) is 3.86. The minimum Gasteiger partial charge on any atom is -0.368 e. The zero-order valence-corrected chi connectivity index (χ0v) is 11.5. The van der Waals surface area contributed by atoms with E-state index in [9.17, 15) is 0 Å². The predicted molar refractivity (Wildman–Crippen MR) is 67.9 cm³/mol. The van der Waals surface area contributed by atoms with Crippen LogP contribution in [-0.4, -0.2) is 41.1 Å². The number of H-pyrrole nitrogens is 1. The van der Waals surface area contributed by atoms with Gasteiger partial charge in [-0.15, -0.1) is 0 Å². The van der Waals surface area contributed by atoms with Crippen LogP contribution in [0.15, 0.2) is 10.7 Å². The number of rotatable bonds is 2. The summed E-state index contributed by atoms with van der Waals surface area (Å²) in [7, 11) is 0. The second-order valence-electron chi connectivity index (χ2n) is 3.70. The smallest absolute Gasteiger partial charge is 0.137 e. The van der Waals surface area contributed by atoms with Crippen LogP contribution in [0.25, 0.3) is 0 Å². The van der Waals surface area contributed by atoms with Crippen LogP contribution in [0.5, 0.6) is 0 Å². The Morgan fingerprint density at radius 3 is 3.25 bits per heavy atom. The summed E-state index contributed by atoms with van der Waals surface area (Å²) < 4.78 is 7.18. The third-order valence-electron chi connectivity index (χ3n) is 2.68. The number of halogens is 1. The molecule has 1 N–H and O–H groups in total. The molecule has 1 unspecified atom stereocenters. The lowest BCUT2D eigenvalue weighted by molar-refractivity contribution is -0.0326. The predicted octanol–water partition coefficient (Wildman–Crippen LogP) is 2.29. The van der Waals surface area contributed by atoms with Crippen LogP contribution < -0.4 is 0 Å². The molecule has 88 valence electrons. The van der Waals surface area contributed by atoms with E-state index in [-0.39, 0.29) is 6.10 Å². The molecule has 1 fully saturated rings. The summed E-state index contributed by atoms with van der Waals surface area (Å²) in [5.41, 5.74) is 0. The molecule has 1 atom stereocenters. The van der Waals surface area contributed by atoms with Gasteiger partial charge in [-0.1, -0.05) is 19.1 Å². The molecule has 1 aromatic heterocycles. The van der Waals surface area contributed by atoms with E-state index in [0.29, 0.717) is 4.64 Å². The molecule has 0 saturated carbocycles. The fourth-order valence-corrected chi connectivity index (χ4v) is 2.07. The van der Waals surface area contributed by atoms with Gasteiger partial charge >= 0.3 is 0 Å². The van der Waals surface area contributed by atoms with Crippen molar-refractivity contribution in [3.63, 3.8) is 0 Å². The Hall–Kier alpha value is -0.300. The average molecular weight is 304 g/mol. The number of ether oxygens (including phenoxy) is 1. The minimum absolute atomic E-state index is 0.00324. The van der Waals surface area contributed by atoms with Gasteiger partial charge in [0.2, 0.25) is 0 Å². The van der Waals surface area contributed by atoms with Gasteiger partial charge < -0.3 is 9.72 Å². The van der Waals surface area contributed by atoms with Gasteiger partial charge in [-0.3, -0.25) is 4.90 Å². The highest BCUT2D eigenvalue weighted by molar-refractivity contribution is 9.10. The van der Waals surface area contributed by atoms with Gasteiger partial charge in [0.1, 0.15) is 16.6 Å². The summed E-state index contributed by atoms with van der Waals surface area (Å²) in [5, 5.41) is 0. The highest BCUT2D eigenvalue weighted by atomic mass is 79.9. The number of aromatic nitrogens is 2. The molecule has 1 saturated heterocycles. The van der Waals surface area contributed by atoms with Gasteiger partial charge in [0.15, 0.2) is 0 Å². The van der Waals surface area contributed by atoms with Gasteiger partial charge in [-0.05, 0) is 22.5 Å². The number of hydrogen-bond donors (Lipinski definition) is 1. The second-order valence-corrected chi connectivity index (χ2v) is 4.96. The van der Waals surface area contributed by atoms with Crippen molar-refractivity contribution in [3.8, 4) is 0 Å². The molecule has 1 aliphatic heterocycles. The average Bonchev–Trinajstić information content (AvgIpc) is 2.33. The van der Waals surface area contributed by atoms with E-state index in [1.807, 2.05) is 0 Å².